The van der Waals surface area contributed by atoms with Gasteiger partial charge < -0.3 is 19.9 Å². The first-order valence-corrected chi connectivity index (χ1v) is 3.59. The minimum Gasteiger partial charge on any atom is -0.447 e. The molecule has 0 spiro atoms. The summed E-state index contributed by atoms with van der Waals surface area (Å²) < 4.78 is 0. The van der Waals surface area contributed by atoms with Crippen LogP contribution in [0.2, 0.25) is 0 Å². The molecule has 0 saturated heterocycles. The van der Waals surface area contributed by atoms with Crippen molar-refractivity contribution < 1.29 is 16.8 Å². The van der Waals surface area contributed by atoms with Crippen molar-refractivity contribution in [1.29, 1.82) is 0 Å². The van der Waals surface area contributed by atoms with Crippen LogP contribution >= 0.6 is 0 Å². The molecule has 0 aromatic carbocycles. The number of hydrogen-bond donors (Lipinski definition) is 0. The van der Waals surface area contributed by atoms with E-state index in [0.29, 0.717) is 0 Å². The fourth-order valence-electron chi connectivity index (χ4n) is 0.631. The molecule has 2 rings (SSSR count). The summed E-state index contributed by atoms with van der Waals surface area (Å²) in [5.41, 5.74) is 0. The fourth-order valence-corrected chi connectivity index (χ4v) is 0.631. The van der Waals surface area contributed by atoms with E-state index in [9.17, 15) is 0 Å². The maximum Gasteiger partial charge on any atom is 0 e. The molecule has 4 nitrogen and oxygen atoms in total. The van der Waals surface area contributed by atoms with Crippen LogP contribution in [0.4, 0.5) is 0 Å². The Morgan fingerprint density at radius 1 is 0.923 bits per heavy atom. The van der Waals surface area contributed by atoms with Crippen molar-refractivity contribution >= 4 is 0 Å². The summed E-state index contributed by atoms with van der Waals surface area (Å²) in [6.07, 6.45) is 6.70. The molecule has 0 aliphatic carbocycles. The second-order valence-electron chi connectivity index (χ2n) is 2.21. The molecule has 0 bridgehead atoms. The topological polar surface area (TPSA) is 54.0 Å². The van der Waals surface area contributed by atoms with Gasteiger partial charge in [-0.2, -0.15) is 0 Å². The molecule has 5 heteroatoms. The monoisotopic (exact) mass is 221 g/mol. The summed E-state index contributed by atoms with van der Waals surface area (Å²) in [4.78, 5) is 15.2. The zero-order valence-corrected chi connectivity index (χ0v) is 8.47. The summed E-state index contributed by atoms with van der Waals surface area (Å²) >= 11 is 0. The number of aryl methyl sites for hydroxylation is 2. The van der Waals surface area contributed by atoms with Gasteiger partial charge in [-0.05, 0) is 13.8 Å². The van der Waals surface area contributed by atoms with Gasteiger partial charge >= 0.3 is 0 Å². The van der Waals surface area contributed by atoms with Crippen LogP contribution in [0.15, 0.2) is 24.8 Å². The molecule has 0 aliphatic rings. The summed E-state index contributed by atoms with van der Waals surface area (Å²) in [6, 6.07) is 0. The van der Waals surface area contributed by atoms with Gasteiger partial charge in [-0.15, -0.1) is 0 Å². The van der Waals surface area contributed by atoms with Crippen molar-refractivity contribution in [3.8, 4) is 0 Å². The van der Waals surface area contributed by atoms with E-state index in [4.69, 9.17) is 0 Å². The van der Waals surface area contributed by atoms with Crippen LogP contribution in [0.25, 0.3) is 0 Å². The van der Waals surface area contributed by atoms with E-state index < -0.39 is 0 Å². The third-order valence-corrected chi connectivity index (χ3v) is 1.18. The van der Waals surface area contributed by atoms with E-state index in [1.165, 1.54) is 0 Å². The third-order valence-electron chi connectivity index (χ3n) is 1.18. The normalized spacial score (nSPS) is 8.15. The van der Waals surface area contributed by atoms with Crippen LogP contribution in [0, 0.1) is 13.8 Å². The summed E-state index contributed by atoms with van der Waals surface area (Å²) in [6.45, 7) is 3.72. The molecular weight excluding hydrogens is 211 g/mol. The van der Waals surface area contributed by atoms with Crippen molar-refractivity contribution in [2.45, 2.75) is 13.8 Å². The van der Waals surface area contributed by atoms with Crippen molar-refractivity contribution in [1.82, 2.24) is 19.9 Å². The largest absolute Gasteiger partial charge is 0.447 e. The molecule has 0 aliphatic heterocycles. The maximum absolute atomic E-state index is 3.81. The molecule has 0 unspecified atom stereocenters. The molecule has 0 N–H and O–H groups in total. The van der Waals surface area contributed by atoms with Crippen molar-refractivity contribution in [3.63, 3.8) is 0 Å². The van der Waals surface area contributed by atoms with Crippen LogP contribution in [-0.2, 0) is 16.8 Å². The molecule has 2 aromatic heterocycles. The van der Waals surface area contributed by atoms with Gasteiger partial charge in [-0.3, -0.25) is 0 Å². The SMILES string of the molecule is Cc1ncc[n-]1.Cc1ncc[n-]1.[Co]. The number of nitrogens with zero attached hydrogens (tertiary/aromatic N) is 4. The van der Waals surface area contributed by atoms with Crippen molar-refractivity contribution in [3.05, 3.63) is 36.4 Å². The Bertz CT molecular complexity index is 256. The molecule has 0 fully saturated rings. The van der Waals surface area contributed by atoms with Gasteiger partial charge in [-0.1, -0.05) is 36.4 Å². The second kappa shape index (κ2) is 6.44. The van der Waals surface area contributed by atoms with Crippen molar-refractivity contribution in [2.24, 2.45) is 0 Å². The van der Waals surface area contributed by atoms with Crippen molar-refractivity contribution in [2.75, 3.05) is 0 Å². The van der Waals surface area contributed by atoms with E-state index in [1.54, 1.807) is 24.8 Å². The molecule has 2 heterocycles. The number of imidazole rings is 2. The molecule has 0 saturated carbocycles. The first-order chi connectivity index (χ1) is 5.79. The first-order valence-electron chi connectivity index (χ1n) is 3.59. The number of hydrogen-bond acceptors (Lipinski definition) is 2. The Balaban J connectivity index is 0.000000206. The Morgan fingerprint density at radius 2 is 1.31 bits per heavy atom. The van der Waals surface area contributed by atoms with Gasteiger partial charge in [0.1, 0.15) is 0 Å². The third kappa shape index (κ3) is 5.21. The average Bonchev–Trinajstić information content (AvgIpc) is 2.63. The smallest absolute Gasteiger partial charge is 0 e. The number of rotatable bonds is 0. The quantitative estimate of drug-likeness (QED) is 0.656. The van der Waals surface area contributed by atoms with Crippen LogP contribution < -0.4 is 9.97 Å². The second-order valence-corrected chi connectivity index (χ2v) is 2.21. The summed E-state index contributed by atoms with van der Waals surface area (Å²) in [5.74, 6) is 1.69. The minimum absolute atomic E-state index is 0. The molecular formula is C8H10CoN4-2. The Kier molecular flexibility index (Phi) is 5.91. The van der Waals surface area contributed by atoms with E-state index >= 15 is 0 Å². The van der Waals surface area contributed by atoms with Crippen LogP contribution in [0.5, 0.6) is 0 Å². The van der Waals surface area contributed by atoms with Crippen LogP contribution in [0.1, 0.15) is 11.6 Å². The van der Waals surface area contributed by atoms with E-state index in [0.717, 1.165) is 11.6 Å². The Labute approximate surface area is 87.4 Å². The molecule has 0 amide bonds. The predicted octanol–water partition coefficient (Wildman–Crippen LogP) is 0.692. The first kappa shape index (κ1) is 11.9. The fraction of sp³-hybridized carbons (Fsp3) is 0.250. The zero-order chi connectivity index (χ0) is 8.81. The van der Waals surface area contributed by atoms with Crippen LogP contribution in [0.3, 0.4) is 0 Å². The molecule has 1 radical (unpaired) electrons. The van der Waals surface area contributed by atoms with Gasteiger partial charge in [0.15, 0.2) is 0 Å². The van der Waals surface area contributed by atoms with Gasteiger partial charge in [0.25, 0.3) is 0 Å². The average molecular weight is 221 g/mol. The Morgan fingerprint density at radius 3 is 1.38 bits per heavy atom. The zero-order valence-electron chi connectivity index (χ0n) is 7.43. The maximum atomic E-state index is 3.81. The van der Waals surface area contributed by atoms with E-state index in [-0.39, 0.29) is 16.8 Å². The standard InChI is InChI=1S/2C4H5N2.Co/c2*1-4-5-2-3-6-4;/h2*2-3H,1H3;/q2*-1;. The van der Waals surface area contributed by atoms with Crippen LogP contribution in [-0.4, -0.2) is 9.97 Å². The predicted molar refractivity (Wildman–Crippen MR) is 44.6 cm³/mol. The Hall–Kier alpha value is -1.07. The molecule has 13 heavy (non-hydrogen) atoms. The minimum atomic E-state index is 0. The molecule has 73 valence electrons. The summed E-state index contributed by atoms with van der Waals surface area (Å²) in [7, 11) is 0. The molecule has 2 aromatic rings. The number of aromatic nitrogens is 4. The molecule has 0 atom stereocenters. The van der Waals surface area contributed by atoms with Gasteiger partial charge in [0.05, 0.1) is 0 Å². The van der Waals surface area contributed by atoms with E-state index in [1.807, 2.05) is 13.8 Å². The van der Waals surface area contributed by atoms with Gasteiger partial charge in [-0.25, -0.2) is 0 Å². The van der Waals surface area contributed by atoms with Gasteiger partial charge in [0, 0.05) is 16.8 Å². The summed E-state index contributed by atoms with van der Waals surface area (Å²) in [5, 5.41) is 0. The van der Waals surface area contributed by atoms with Gasteiger partial charge in [0.2, 0.25) is 0 Å². The van der Waals surface area contributed by atoms with E-state index in [2.05, 4.69) is 19.9 Å².